The van der Waals surface area contributed by atoms with E-state index in [1.54, 1.807) is 7.05 Å². The summed E-state index contributed by atoms with van der Waals surface area (Å²) in [5.74, 6) is 1.94. The monoisotopic (exact) mass is 422 g/mol. The summed E-state index contributed by atoms with van der Waals surface area (Å²) in [6.07, 6.45) is 2.28. The molecule has 166 valence electrons. The fraction of sp³-hybridized carbons (Fsp3) is 0.440. The molecular weight excluding hydrogens is 388 g/mol. The van der Waals surface area contributed by atoms with Crippen LogP contribution in [0.1, 0.15) is 36.5 Å². The number of rotatable bonds is 8. The van der Waals surface area contributed by atoms with Crippen molar-refractivity contribution >= 4 is 11.9 Å². The molecule has 1 N–H and O–H groups in total. The van der Waals surface area contributed by atoms with Gasteiger partial charge in [0, 0.05) is 46.7 Å². The summed E-state index contributed by atoms with van der Waals surface area (Å²) in [5, 5.41) is 3.38. The molecule has 6 nitrogen and oxygen atoms in total. The summed E-state index contributed by atoms with van der Waals surface area (Å²) in [4.78, 5) is 21.1. The van der Waals surface area contributed by atoms with Gasteiger partial charge in [-0.1, -0.05) is 36.4 Å². The quantitative estimate of drug-likeness (QED) is 0.402. The zero-order valence-electron chi connectivity index (χ0n) is 18.9. The Labute approximate surface area is 185 Å². The average molecular weight is 423 g/mol. The zero-order valence-corrected chi connectivity index (χ0v) is 18.9. The number of nitrogens with one attached hydrogen (secondary N) is 1. The lowest BCUT2D eigenvalue weighted by molar-refractivity contribution is -0.132. The maximum absolute atomic E-state index is 12.6. The van der Waals surface area contributed by atoms with Crippen molar-refractivity contribution in [1.29, 1.82) is 0 Å². The van der Waals surface area contributed by atoms with E-state index in [4.69, 9.17) is 4.74 Å². The van der Waals surface area contributed by atoms with Crippen LogP contribution in [-0.4, -0.2) is 55.5 Å². The predicted molar refractivity (Wildman–Crippen MR) is 125 cm³/mol. The number of fused-ring (bicyclic) bond motifs is 1. The molecule has 2 aromatic carbocycles. The second kappa shape index (κ2) is 11.4. The number of amides is 1. The maximum atomic E-state index is 12.6. The van der Waals surface area contributed by atoms with Gasteiger partial charge in [-0.25, -0.2) is 0 Å². The van der Waals surface area contributed by atoms with E-state index in [1.807, 2.05) is 37.1 Å². The fourth-order valence-electron chi connectivity index (χ4n) is 3.90. The van der Waals surface area contributed by atoms with Crippen molar-refractivity contribution < 1.29 is 9.53 Å². The molecule has 31 heavy (non-hydrogen) atoms. The highest BCUT2D eigenvalue weighted by molar-refractivity contribution is 5.80. The summed E-state index contributed by atoms with van der Waals surface area (Å²) in [7, 11) is 3.80. The van der Waals surface area contributed by atoms with Crippen LogP contribution in [0.4, 0.5) is 0 Å². The lowest BCUT2D eigenvalue weighted by Crippen LogP contribution is -2.39. The van der Waals surface area contributed by atoms with Gasteiger partial charge in [0.1, 0.15) is 5.75 Å². The first-order chi connectivity index (χ1) is 15.1. The first kappa shape index (κ1) is 22.7. The van der Waals surface area contributed by atoms with Crippen molar-refractivity contribution in [1.82, 2.24) is 15.1 Å². The zero-order chi connectivity index (χ0) is 22.1. The number of carbonyl (C=O) groups is 1. The summed E-state index contributed by atoms with van der Waals surface area (Å²) in [5.41, 5.74) is 3.83. The molecule has 0 aromatic heterocycles. The number of aliphatic imine (C=N–C) groups is 1. The molecule has 0 atom stereocenters. The molecule has 1 heterocycles. The minimum atomic E-state index is 0.231. The predicted octanol–water partition coefficient (Wildman–Crippen LogP) is 3.46. The molecular formula is C25H34N4O2. The van der Waals surface area contributed by atoms with E-state index in [2.05, 4.69) is 45.5 Å². The standard InChI is InChI=1S/C25H34N4O2/c1-4-31-23-13-11-20(12-14-23)18-28(3)25(26-2)27-16-7-10-24(30)29-17-15-21-8-5-6-9-22(21)19-29/h5-6,8-9,11-14H,4,7,10,15-19H2,1-3H3,(H,26,27). The first-order valence-corrected chi connectivity index (χ1v) is 11.1. The molecule has 0 aliphatic carbocycles. The lowest BCUT2D eigenvalue weighted by Gasteiger charge is -2.29. The number of guanidine groups is 1. The minimum absolute atomic E-state index is 0.231. The van der Waals surface area contributed by atoms with Gasteiger partial charge in [-0.2, -0.15) is 0 Å². The van der Waals surface area contributed by atoms with E-state index in [0.29, 0.717) is 13.0 Å². The Morgan fingerprint density at radius 3 is 2.61 bits per heavy atom. The summed E-state index contributed by atoms with van der Waals surface area (Å²) in [6, 6.07) is 16.5. The number of benzene rings is 2. The highest BCUT2D eigenvalue weighted by atomic mass is 16.5. The van der Waals surface area contributed by atoms with Crippen molar-refractivity contribution in [3.63, 3.8) is 0 Å². The first-order valence-electron chi connectivity index (χ1n) is 11.1. The van der Waals surface area contributed by atoms with Crippen LogP contribution >= 0.6 is 0 Å². The highest BCUT2D eigenvalue weighted by Crippen LogP contribution is 2.19. The van der Waals surface area contributed by atoms with Gasteiger partial charge in [0.2, 0.25) is 5.91 Å². The van der Waals surface area contributed by atoms with E-state index >= 15 is 0 Å². The van der Waals surface area contributed by atoms with Gasteiger partial charge >= 0.3 is 0 Å². The van der Waals surface area contributed by atoms with Crippen LogP contribution < -0.4 is 10.1 Å². The molecule has 0 bridgehead atoms. The highest BCUT2D eigenvalue weighted by Gasteiger charge is 2.19. The number of carbonyl (C=O) groups excluding carboxylic acids is 1. The Morgan fingerprint density at radius 2 is 1.90 bits per heavy atom. The molecule has 0 fully saturated rings. The molecule has 0 unspecified atom stereocenters. The third kappa shape index (κ3) is 6.48. The van der Waals surface area contributed by atoms with Crippen molar-refractivity contribution in [3.8, 4) is 5.75 Å². The van der Waals surface area contributed by atoms with Crippen LogP contribution in [-0.2, 0) is 24.3 Å². The summed E-state index contributed by atoms with van der Waals surface area (Å²) in [6.45, 7) is 5.67. The fourth-order valence-corrected chi connectivity index (χ4v) is 3.90. The average Bonchev–Trinajstić information content (AvgIpc) is 2.80. The van der Waals surface area contributed by atoms with Crippen LogP contribution in [0.15, 0.2) is 53.5 Å². The molecule has 6 heteroatoms. The Bertz CT molecular complexity index is 879. The topological polar surface area (TPSA) is 57.2 Å². The Hall–Kier alpha value is -3.02. The van der Waals surface area contributed by atoms with Gasteiger partial charge in [-0.15, -0.1) is 0 Å². The maximum Gasteiger partial charge on any atom is 0.222 e. The van der Waals surface area contributed by atoms with E-state index in [0.717, 1.165) is 50.7 Å². The van der Waals surface area contributed by atoms with Crippen LogP contribution in [0.3, 0.4) is 0 Å². The molecule has 0 saturated heterocycles. The molecule has 0 spiro atoms. The molecule has 0 saturated carbocycles. The number of hydrogen-bond donors (Lipinski definition) is 1. The third-order valence-electron chi connectivity index (χ3n) is 5.56. The number of nitrogens with zero attached hydrogens (tertiary/aromatic N) is 3. The second-order valence-corrected chi connectivity index (χ2v) is 7.84. The van der Waals surface area contributed by atoms with Gasteiger partial charge in [0.25, 0.3) is 0 Å². The van der Waals surface area contributed by atoms with Gasteiger partial charge < -0.3 is 19.9 Å². The normalized spacial score (nSPS) is 13.5. The Morgan fingerprint density at radius 1 is 1.16 bits per heavy atom. The van der Waals surface area contributed by atoms with Crippen LogP contribution in [0.5, 0.6) is 5.75 Å². The van der Waals surface area contributed by atoms with Gasteiger partial charge in [-0.05, 0) is 48.6 Å². The van der Waals surface area contributed by atoms with E-state index < -0.39 is 0 Å². The molecule has 1 amide bonds. The summed E-state index contributed by atoms with van der Waals surface area (Å²) >= 11 is 0. The SMILES string of the molecule is CCOc1ccc(CN(C)C(=NC)NCCCC(=O)N2CCc3ccccc3C2)cc1. The lowest BCUT2D eigenvalue weighted by atomic mass is 9.99. The molecule has 2 aromatic rings. The molecule has 1 aliphatic heterocycles. The van der Waals surface area contributed by atoms with Gasteiger partial charge in [-0.3, -0.25) is 9.79 Å². The van der Waals surface area contributed by atoms with Crippen molar-refractivity contribution in [2.24, 2.45) is 4.99 Å². The van der Waals surface area contributed by atoms with Crippen LogP contribution in [0.2, 0.25) is 0 Å². The van der Waals surface area contributed by atoms with Gasteiger partial charge in [0.05, 0.1) is 6.61 Å². The summed E-state index contributed by atoms with van der Waals surface area (Å²) < 4.78 is 5.50. The van der Waals surface area contributed by atoms with Crippen molar-refractivity contribution in [2.75, 3.05) is 33.8 Å². The number of hydrogen-bond acceptors (Lipinski definition) is 3. The minimum Gasteiger partial charge on any atom is -0.494 e. The third-order valence-corrected chi connectivity index (χ3v) is 5.56. The second-order valence-electron chi connectivity index (χ2n) is 7.84. The van der Waals surface area contributed by atoms with Crippen molar-refractivity contribution in [2.45, 2.75) is 39.3 Å². The molecule has 1 aliphatic rings. The largest absolute Gasteiger partial charge is 0.494 e. The van der Waals surface area contributed by atoms with Crippen LogP contribution in [0, 0.1) is 0 Å². The number of ether oxygens (including phenoxy) is 1. The Kier molecular flexibility index (Phi) is 8.33. The molecule has 3 rings (SSSR count). The van der Waals surface area contributed by atoms with Crippen molar-refractivity contribution in [3.05, 3.63) is 65.2 Å². The van der Waals surface area contributed by atoms with Crippen LogP contribution in [0.25, 0.3) is 0 Å². The Balaban J connectivity index is 1.40. The molecule has 0 radical (unpaired) electrons. The van der Waals surface area contributed by atoms with E-state index in [9.17, 15) is 4.79 Å². The smallest absolute Gasteiger partial charge is 0.222 e. The van der Waals surface area contributed by atoms with E-state index in [-0.39, 0.29) is 5.91 Å². The van der Waals surface area contributed by atoms with Gasteiger partial charge in [0.15, 0.2) is 5.96 Å². The van der Waals surface area contributed by atoms with E-state index in [1.165, 1.54) is 16.7 Å².